The molecule has 0 aromatic carbocycles. The predicted octanol–water partition coefficient (Wildman–Crippen LogP) is 3.95. The summed E-state index contributed by atoms with van der Waals surface area (Å²) in [6, 6.07) is 0. The van der Waals surface area contributed by atoms with Crippen molar-refractivity contribution < 1.29 is 13.7 Å². The fraction of sp³-hybridized carbons (Fsp3) is 0.615. The van der Waals surface area contributed by atoms with Gasteiger partial charge in [-0.3, -0.25) is 14.8 Å². The highest BCUT2D eigenvalue weighted by atomic mass is 19.3. The number of nitro groups is 1. The van der Waals surface area contributed by atoms with Crippen molar-refractivity contribution in [2.45, 2.75) is 45.5 Å². The lowest BCUT2D eigenvalue weighted by Crippen LogP contribution is -2.16. The second-order valence-corrected chi connectivity index (χ2v) is 4.41. The molecule has 7 heteroatoms. The van der Waals surface area contributed by atoms with Gasteiger partial charge in [-0.1, -0.05) is 19.9 Å². The fourth-order valence-corrected chi connectivity index (χ4v) is 2.19. The van der Waals surface area contributed by atoms with E-state index in [9.17, 15) is 18.9 Å². The molecule has 0 saturated heterocycles. The molecule has 0 spiro atoms. The van der Waals surface area contributed by atoms with Crippen LogP contribution in [0, 0.1) is 10.1 Å². The molecule has 5 nitrogen and oxygen atoms in total. The Labute approximate surface area is 116 Å². The average molecular weight is 287 g/mol. The number of nitrogens with zero attached hydrogens (tertiary/aromatic N) is 3. The van der Waals surface area contributed by atoms with E-state index in [1.165, 1.54) is 11.7 Å². The summed E-state index contributed by atoms with van der Waals surface area (Å²) in [5, 5.41) is 14.6. The molecular formula is C13H19F2N3O2. The van der Waals surface area contributed by atoms with Gasteiger partial charge in [0, 0.05) is 19.9 Å². The number of allylic oxidation sites excluding steroid dienone is 2. The lowest BCUT2D eigenvalue weighted by molar-refractivity contribution is -0.385. The van der Waals surface area contributed by atoms with Gasteiger partial charge in [0.05, 0.1) is 4.92 Å². The maximum absolute atomic E-state index is 13.5. The van der Waals surface area contributed by atoms with Crippen LogP contribution < -0.4 is 0 Å². The Bertz CT molecular complexity index is 510. The average Bonchev–Trinajstić information content (AvgIpc) is 2.68. The largest absolute Gasteiger partial charge is 0.314 e. The summed E-state index contributed by atoms with van der Waals surface area (Å²) in [5.74, 6) is -2.81. The van der Waals surface area contributed by atoms with Gasteiger partial charge in [0.1, 0.15) is 11.9 Å². The molecule has 1 heterocycles. The van der Waals surface area contributed by atoms with Gasteiger partial charge < -0.3 is 0 Å². The normalized spacial score (nSPS) is 17.6. The van der Waals surface area contributed by atoms with E-state index in [2.05, 4.69) is 5.10 Å². The van der Waals surface area contributed by atoms with Crippen molar-refractivity contribution in [1.29, 1.82) is 0 Å². The molecule has 0 atom stereocenters. The van der Waals surface area contributed by atoms with Crippen molar-refractivity contribution in [1.82, 2.24) is 9.78 Å². The Morgan fingerprint density at radius 3 is 2.70 bits per heavy atom. The van der Waals surface area contributed by atoms with Gasteiger partial charge in [-0.15, -0.1) is 0 Å². The molecule has 20 heavy (non-hydrogen) atoms. The van der Waals surface area contributed by atoms with Gasteiger partial charge in [-0.05, 0) is 18.4 Å². The van der Waals surface area contributed by atoms with Crippen molar-refractivity contribution in [2.75, 3.05) is 0 Å². The highest BCUT2D eigenvalue weighted by Gasteiger charge is 2.34. The zero-order valence-electron chi connectivity index (χ0n) is 11.9. The van der Waals surface area contributed by atoms with E-state index in [-0.39, 0.29) is 17.8 Å². The quantitative estimate of drug-likeness (QED) is 0.611. The molecule has 0 saturated carbocycles. The van der Waals surface area contributed by atoms with Crippen LogP contribution in [0.1, 0.15) is 45.2 Å². The van der Waals surface area contributed by atoms with Gasteiger partial charge in [0.25, 0.3) is 5.92 Å². The second-order valence-electron chi connectivity index (χ2n) is 4.41. The summed E-state index contributed by atoms with van der Waals surface area (Å²) < 4.78 is 28.3. The molecule has 1 aromatic rings. The minimum absolute atomic E-state index is 0.182. The summed E-state index contributed by atoms with van der Waals surface area (Å²) in [6.07, 6.45) is 3.01. The van der Waals surface area contributed by atoms with E-state index in [4.69, 9.17) is 0 Å². The van der Waals surface area contributed by atoms with Crippen molar-refractivity contribution >= 4 is 11.3 Å². The van der Waals surface area contributed by atoms with Crippen LogP contribution >= 0.6 is 0 Å². The highest BCUT2D eigenvalue weighted by molar-refractivity contribution is 5.70. The third kappa shape index (κ3) is 3.61. The summed E-state index contributed by atoms with van der Waals surface area (Å²) >= 11 is 0. The SMILES string of the molecule is CC.Cn1ncc([N+](=O)[O-])c1C1=CCCCC(F)(F)C1. The van der Waals surface area contributed by atoms with Gasteiger partial charge in [-0.25, -0.2) is 8.78 Å². The molecule has 0 amide bonds. The summed E-state index contributed by atoms with van der Waals surface area (Å²) in [5.41, 5.74) is 0.271. The number of aromatic nitrogens is 2. The van der Waals surface area contributed by atoms with Crippen LogP contribution in [0.3, 0.4) is 0 Å². The molecule has 112 valence electrons. The maximum atomic E-state index is 13.5. The van der Waals surface area contributed by atoms with Crippen LogP contribution in [0.2, 0.25) is 0 Å². The Balaban J connectivity index is 0.000000956. The third-order valence-corrected chi connectivity index (χ3v) is 3.01. The summed E-state index contributed by atoms with van der Waals surface area (Å²) in [4.78, 5) is 10.3. The predicted molar refractivity (Wildman–Crippen MR) is 72.6 cm³/mol. The van der Waals surface area contributed by atoms with Crippen LogP contribution in [0.4, 0.5) is 14.5 Å². The standard InChI is InChI=1S/C11H13F2N3O2.C2H6/c1-15-10(9(7-14-15)16(17)18)8-4-2-3-5-11(12,13)6-8;1-2/h4,7H,2-3,5-6H2,1H3;1-2H3. The number of rotatable bonds is 2. The topological polar surface area (TPSA) is 61.0 Å². The first-order chi connectivity index (χ1) is 9.41. The van der Waals surface area contributed by atoms with Gasteiger partial charge in [0.2, 0.25) is 0 Å². The first-order valence-electron chi connectivity index (χ1n) is 6.64. The Kier molecular flexibility index (Phi) is 5.35. The monoisotopic (exact) mass is 287 g/mol. The molecule has 0 bridgehead atoms. The molecule has 1 aliphatic carbocycles. The van der Waals surface area contributed by atoms with Gasteiger partial charge >= 0.3 is 5.69 Å². The Morgan fingerprint density at radius 2 is 2.10 bits per heavy atom. The van der Waals surface area contributed by atoms with E-state index in [1.54, 1.807) is 6.08 Å². The lowest BCUT2D eigenvalue weighted by atomic mass is 10.0. The highest BCUT2D eigenvalue weighted by Crippen LogP contribution is 2.38. The molecule has 1 aromatic heterocycles. The molecular weight excluding hydrogens is 268 g/mol. The van der Waals surface area contributed by atoms with Gasteiger partial charge in [0.15, 0.2) is 0 Å². The van der Waals surface area contributed by atoms with Crippen molar-refractivity contribution in [3.8, 4) is 0 Å². The van der Waals surface area contributed by atoms with Crippen LogP contribution in [0.25, 0.3) is 5.57 Å². The van der Waals surface area contributed by atoms with Crippen molar-refractivity contribution in [3.05, 3.63) is 28.1 Å². The van der Waals surface area contributed by atoms with Crippen LogP contribution in [0.15, 0.2) is 12.3 Å². The van der Waals surface area contributed by atoms with Gasteiger partial charge in [-0.2, -0.15) is 5.10 Å². The zero-order chi connectivity index (χ0) is 15.3. The number of halogens is 2. The molecule has 0 radical (unpaired) electrons. The zero-order valence-corrected chi connectivity index (χ0v) is 11.9. The van der Waals surface area contributed by atoms with Crippen molar-refractivity contribution in [2.24, 2.45) is 7.05 Å². The number of aryl methyl sites for hydroxylation is 1. The minimum atomic E-state index is -2.81. The van der Waals surface area contributed by atoms with E-state index in [1.807, 2.05) is 13.8 Å². The molecule has 0 unspecified atom stereocenters. The Hall–Kier alpha value is -1.79. The third-order valence-electron chi connectivity index (χ3n) is 3.01. The molecule has 0 aliphatic heterocycles. The van der Waals surface area contributed by atoms with Crippen molar-refractivity contribution in [3.63, 3.8) is 0 Å². The van der Waals surface area contributed by atoms with E-state index >= 15 is 0 Å². The summed E-state index contributed by atoms with van der Waals surface area (Å²) in [6.45, 7) is 4.00. The maximum Gasteiger partial charge on any atom is 0.314 e. The van der Waals surface area contributed by atoms with Crippen LogP contribution in [-0.2, 0) is 7.05 Å². The summed E-state index contributed by atoms with van der Waals surface area (Å²) in [7, 11) is 1.52. The van der Waals surface area contributed by atoms with Crippen LogP contribution in [0.5, 0.6) is 0 Å². The molecule has 1 aliphatic rings. The van der Waals surface area contributed by atoms with E-state index in [0.717, 1.165) is 6.20 Å². The number of hydrogen-bond acceptors (Lipinski definition) is 3. The van der Waals surface area contributed by atoms with E-state index in [0.29, 0.717) is 18.4 Å². The second kappa shape index (κ2) is 6.58. The first kappa shape index (κ1) is 16.3. The van der Waals surface area contributed by atoms with E-state index < -0.39 is 17.3 Å². The number of hydrogen-bond donors (Lipinski definition) is 0. The number of alkyl halides is 2. The fourth-order valence-electron chi connectivity index (χ4n) is 2.19. The lowest BCUT2D eigenvalue weighted by Gasteiger charge is -2.15. The first-order valence-corrected chi connectivity index (χ1v) is 6.64. The van der Waals surface area contributed by atoms with Crippen LogP contribution in [-0.4, -0.2) is 20.6 Å². The molecule has 0 fully saturated rings. The minimum Gasteiger partial charge on any atom is -0.261 e. The smallest absolute Gasteiger partial charge is 0.261 e. The molecule has 0 N–H and O–H groups in total. The Morgan fingerprint density at radius 1 is 1.45 bits per heavy atom. The molecule has 2 rings (SSSR count).